The average Bonchev–Trinajstić information content (AvgIpc) is 2.01. The Labute approximate surface area is 83.1 Å². The van der Waals surface area contributed by atoms with E-state index in [2.05, 4.69) is 20.3 Å². The summed E-state index contributed by atoms with van der Waals surface area (Å²) >= 11 is 0. The van der Waals surface area contributed by atoms with Crippen molar-refractivity contribution in [2.45, 2.75) is 39.9 Å². The van der Waals surface area contributed by atoms with E-state index in [1.165, 1.54) is 0 Å². The van der Waals surface area contributed by atoms with E-state index in [9.17, 15) is 4.79 Å². The maximum Gasteiger partial charge on any atom is 0.428 e. The number of carbonyl (C=O) groups excluding carboxylic acids is 1. The van der Waals surface area contributed by atoms with Crippen molar-refractivity contribution in [3.63, 3.8) is 0 Å². The lowest BCUT2D eigenvalue weighted by molar-refractivity contribution is -0.244. The molecule has 0 aromatic rings. The summed E-state index contributed by atoms with van der Waals surface area (Å²) in [4.78, 5) is 20.0. The van der Waals surface area contributed by atoms with Crippen molar-refractivity contribution in [2.75, 3.05) is 0 Å². The topological polar surface area (TPSA) is 69.2 Å². The highest BCUT2D eigenvalue weighted by atomic mass is 17.2. The molecule has 1 amide bonds. The van der Waals surface area contributed by atoms with Crippen molar-refractivity contribution >= 4 is 12.5 Å². The zero-order chi connectivity index (χ0) is 11.0. The van der Waals surface area contributed by atoms with Gasteiger partial charge >= 0.3 is 6.09 Å². The van der Waals surface area contributed by atoms with Crippen LogP contribution in [0.5, 0.6) is 0 Å². The molecule has 0 bridgehead atoms. The van der Waals surface area contributed by atoms with Gasteiger partial charge < -0.3 is 9.62 Å². The summed E-state index contributed by atoms with van der Waals surface area (Å²) in [6.45, 7) is 7.08. The summed E-state index contributed by atoms with van der Waals surface area (Å²) in [7, 11) is 0. The first-order chi connectivity index (χ1) is 6.52. The van der Waals surface area contributed by atoms with Crippen LogP contribution in [-0.2, 0) is 14.5 Å². The number of hydrazone groups is 1. The molecule has 0 saturated heterocycles. The molecule has 0 unspecified atom stereocenters. The standard InChI is InChI=1S/C8H16N2O4/c1-6(2)13-8(11)10-9-5-12-14-7(3)4/h5-7H,1-4H3,(H,10,11)/b9-5-. The number of amides is 1. The Hall–Kier alpha value is -1.30. The average molecular weight is 204 g/mol. The van der Waals surface area contributed by atoms with Crippen LogP contribution in [0.3, 0.4) is 0 Å². The molecule has 0 saturated carbocycles. The number of nitrogens with zero attached hydrogens (tertiary/aromatic N) is 1. The van der Waals surface area contributed by atoms with Crippen LogP contribution < -0.4 is 5.43 Å². The summed E-state index contributed by atoms with van der Waals surface area (Å²) < 4.78 is 4.72. The molecule has 0 aliphatic heterocycles. The van der Waals surface area contributed by atoms with E-state index < -0.39 is 6.09 Å². The highest BCUT2D eigenvalue weighted by Gasteiger charge is 2.01. The van der Waals surface area contributed by atoms with Gasteiger partial charge in [-0.15, -0.1) is 5.10 Å². The van der Waals surface area contributed by atoms with Gasteiger partial charge in [-0.05, 0) is 27.7 Å². The molecule has 0 heterocycles. The van der Waals surface area contributed by atoms with Gasteiger partial charge in [0.1, 0.15) is 0 Å². The Morgan fingerprint density at radius 3 is 2.43 bits per heavy atom. The maximum absolute atomic E-state index is 10.8. The van der Waals surface area contributed by atoms with Gasteiger partial charge in [-0.1, -0.05) is 0 Å². The van der Waals surface area contributed by atoms with Crippen molar-refractivity contribution in [1.29, 1.82) is 0 Å². The molecule has 6 heteroatoms. The fourth-order valence-electron chi connectivity index (χ4n) is 0.477. The predicted octanol–water partition coefficient (Wildman–Crippen LogP) is 1.42. The van der Waals surface area contributed by atoms with Crippen LogP contribution in [-0.4, -0.2) is 24.7 Å². The predicted molar refractivity (Wildman–Crippen MR) is 50.6 cm³/mol. The fourth-order valence-corrected chi connectivity index (χ4v) is 0.477. The van der Waals surface area contributed by atoms with Crippen molar-refractivity contribution in [1.82, 2.24) is 5.43 Å². The molecule has 0 rings (SSSR count). The highest BCUT2D eigenvalue weighted by Crippen LogP contribution is 1.88. The van der Waals surface area contributed by atoms with Crippen LogP contribution in [0.15, 0.2) is 5.10 Å². The summed E-state index contributed by atoms with van der Waals surface area (Å²) in [5, 5.41) is 3.40. The molecule has 0 fully saturated rings. The lowest BCUT2D eigenvalue weighted by Crippen LogP contribution is -2.22. The van der Waals surface area contributed by atoms with Crippen LogP contribution >= 0.6 is 0 Å². The molecule has 0 aromatic carbocycles. The first-order valence-corrected chi connectivity index (χ1v) is 4.32. The first kappa shape index (κ1) is 12.7. The van der Waals surface area contributed by atoms with Gasteiger partial charge in [0.05, 0.1) is 12.2 Å². The Balaban J connectivity index is 3.46. The molecular weight excluding hydrogens is 188 g/mol. The van der Waals surface area contributed by atoms with E-state index in [-0.39, 0.29) is 12.2 Å². The summed E-state index contributed by atoms with van der Waals surface area (Å²) in [6.07, 6.45) is 0.0909. The van der Waals surface area contributed by atoms with Crippen molar-refractivity contribution in [3.8, 4) is 0 Å². The zero-order valence-electron chi connectivity index (χ0n) is 8.81. The molecule has 0 spiro atoms. The number of rotatable bonds is 5. The Morgan fingerprint density at radius 2 is 1.93 bits per heavy atom. The molecule has 82 valence electrons. The third kappa shape index (κ3) is 8.79. The van der Waals surface area contributed by atoms with E-state index >= 15 is 0 Å². The van der Waals surface area contributed by atoms with Crippen LogP contribution in [0.2, 0.25) is 0 Å². The van der Waals surface area contributed by atoms with Crippen LogP contribution in [0.4, 0.5) is 4.79 Å². The lowest BCUT2D eigenvalue weighted by Gasteiger charge is -2.05. The van der Waals surface area contributed by atoms with Gasteiger partial charge in [0.2, 0.25) is 6.40 Å². The van der Waals surface area contributed by atoms with Crippen LogP contribution in [0.1, 0.15) is 27.7 Å². The number of carbonyl (C=O) groups is 1. The number of hydrogen-bond donors (Lipinski definition) is 1. The van der Waals surface area contributed by atoms with Gasteiger partial charge in [-0.2, -0.15) is 4.89 Å². The van der Waals surface area contributed by atoms with Crippen molar-refractivity contribution < 1.29 is 19.3 Å². The summed E-state index contributed by atoms with van der Waals surface area (Å²) in [5.74, 6) is 0. The van der Waals surface area contributed by atoms with Gasteiger partial charge in [0, 0.05) is 0 Å². The zero-order valence-corrected chi connectivity index (χ0v) is 8.81. The third-order valence-electron chi connectivity index (χ3n) is 0.842. The Morgan fingerprint density at radius 1 is 1.29 bits per heavy atom. The van der Waals surface area contributed by atoms with Crippen LogP contribution in [0.25, 0.3) is 0 Å². The highest BCUT2D eigenvalue weighted by molar-refractivity contribution is 5.68. The Kier molecular flexibility index (Phi) is 6.47. The van der Waals surface area contributed by atoms with Gasteiger partial charge in [0.15, 0.2) is 0 Å². The second-order valence-corrected chi connectivity index (χ2v) is 3.04. The molecule has 0 aromatic heterocycles. The van der Waals surface area contributed by atoms with Crippen LogP contribution in [0, 0.1) is 0 Å². The molecule has 6 nitrogen and oxygen atoms in total. The Bertz CT molecular complexity index is 192. The van der Waals surface area contributed by atoms with E-state index in [1.54, 1.807) is 27.7 Å². The van der Waals surface area contributed by atoms with E-state index in [0.29, 0.717) is 0 Å². The molecule has 0 atom stereocenters. The minimum atomic E-state index is -0.635. The molecule has 0 radical (unpaired) electrons. The second-order valence-electron chi connectivity index (χ2n) is 3.04. The molecule has 1 N–H and O–H groups in total. The molecule has 0 aliphatic carbocycles. The van der Waals surface area contributed by atoms with E-state index in [0.717, 1.165) is 6.40 Å². The molecule has 14 heavy (non-hydrogen) atoms. The monoisotopic (exact) mass is 204 g/mol. The fraction of sp³-hybridized carbons (Fsp3) is 0.750. The summed E-state index contributed by atoms with van der Waals surface area (Å²) in [6, 6.07) is 0. The normalized spacial score (nSPS) is 11.0. The smallest absolute Gasteiger partial charge is 0.428 e. The number of ether oxygens (including phenoxy) is 1. The van der Waals surface area contributed by atoms with E-state index in [4.69, 9.17) is 4.74 Å². The second kappa shape index (κ2) is 7.14. The minimum absolute atomic E-state index is 0.0657. The van der Waals surface area contributed by atoms with Gasteiger partial charge in [-0.3, -0.25) is 0 Å². The van der Waals surface area contributed by atoms with Gasteiger partial charge in [0.25, 0.3) is 0 Å². The molecular formula is C8H16N2O4. The quantitative estimate of drug-likeness (QED) is 0.318. The lowest BCUT2D eigenvalue weighted by atomic mass is 10.5. The van der Waals surface area contributed by atoms with Crippen molar-refractivity contribution in [3.05, 3.63) is 0 Å². The van der Waals surface area contributed by atoms with E-state index in [1.807, 2.05) is 0 Å². The number of nitrogens with one attached hydrogen (secondary N) is 1. The molecule has 0 aliphatic rings. The summed E-state index contributed by atoms with van der Waals surface area (Å²) in [5.41, 5.74) is 2.09. The SMILES string of the molecule is CC(C)OO/C=N\NC(=O)OC(C)C. The first-order valence-electron chi connectivity index (χ1n) is 4.32. The third-order valence-corrected chi connectivity index (χ3v) is 0.842. The maximum atomic E-state index is 10.8. The minimum Gasteiger partial charge on any atom is -0.446 e. The van der Waals surface area contributed by atoms with Gasteiger partial charge in [-0.25, -0.2) is 10.2 Å². The van der Waals surface area contributed by atoms with Crippen molar-refractivity contribution in [2.24, 2.45) is 5.10 Å². The number of hydrogen-bond acceptors (Lipinski definition) is 5. The largest absolute Gasteiger partial charge is 0.446 e.